The first-order valence-electron chi connectivity index (χ1n) is 11.9. The lowest BCUT2D eigenvalue weighted by Crippen LogP contribution is -2.45. The summed E-state index contributed by atoms with van der Waals surface area (Å²) < 4.78 is 30.1. The predicted octanol–water partition coefficient (Wildman–Crippen LogP) is 4.07. The average Bonchev–Trinajstić information content (AvgIpc) is 3.25. The zero-order valence-electron chi connectivity index (χ0n) is 20.9. The van der Waals surface area contributed by atoms with Crippen LogP contribution in [0.5, 0.6) is 0 Å². The van der Waals surface area contributed by atoms with Crippen molar-refractivity contribution in [3.8, 4) is 0 Å². The molecule has 2 fully saturated rings. The standard InChI is InChI=1S/C26H30ClN3O5S2/c1-26(2,3)35-25(32)28-20(13-17-9-5-4-6-10-17)23(31)29-24-30(14-18-11-7-8-12-19(18)27)21-15-37(33,34)16-22(21)36-24/h4-12,20-22H,13-16H2,1-3H3,(H,28,32)/t20-,21+,22+/m1/s1. The number of ether oxygens (including phenoxy) is 1. The molecule has 11 heteroatoms. The topological polar surface area (TPSA) is 105 Å². The number of rotatable bonds is 6. The van der Waals surface area contributed by atoms with Gasteiger partial charge in [0.25, 0.3) is 5.91 Å². The third-order valence-electron chi connectivity index (χ3n) is 5.95. The van der Waals surface area contributed by atoms with E-state index in [1.165, 1.54) is 11.8 Å². The van der Waals surface area contributed by atoms with Crippen LogP contribution in [-0.4, -0.2) is 64.9 Å². The van der Waals surface area contributed by atoms with Gasteiger partial charge in [-0.2, -0.15) is 4.99 Å². The lowest BCUT2D eigenvalue weighted by Gasteiger charge is -2.25. The number of hydrogen-bond donors (Lipinski definition) is 1. The van der Waals surface area contributed by atoms with Crippen LogP contribution in [0.1, 0.15) is 31.9 Å². The maximum absolute atomic E-state index is 13.5. The number of alkyl carbamates (subject to hydrolysis) is 1. The maximum atomic E-state index is 13.5. The van der Waals surface area contributed by atoms with E-state index in [4.69, 9.17) is 16.3 Å². The number of aliphatic imine (C=N–C) groups is 1. The molecule has 0 radical (unpaired) electrons. The van der Waals surface area contributed by atoms with Crippen molar-refractivity contribution in [2.24, 2.45) is 4.99 Å². The molecular weight excluding hydrogens is 534 g/mol. The molecule has 2 aromatic carbocycles. The molecule has 2 aliphatic rings. The molecule has 8 nitrogen and oxygen atoms in total. The van der Waals surface area contributed by atoms with Crippen molar-refractivity contribution >= 4 is 50.4 Å². The summed E-state index contributed by atoms with van der Waals surface area (Å²) in [6, 6.07) is 15.4. The average molecular weight is 564 g/mol. The van der Waals surface area contributed by atoms with Crippen LogP contribution in [0.3, 0.4) is 0 Å². The molecule has 0 unspecified atom stereocenters. The second-order valence-electron chi connectivity index (χ2n) is 10.1. The Kier molecular flexibility index (Phi) is 8.20. The van der Waals surface area contributed by atoms with Gasteiger partial charge in [-0.05, 0) is 38.0 Å². The number of nitrogens with one attached hydrogen (secondary N) is 1. The summed E-state index contributed by atoms with van der Waals surface area (Å²) in [5.74, 6) is -0.520. The molecule has 2 aromatic rings. The van der Waals surface area contributed by atoms with E-state index in [-0.39, 0.29) is 29.2 Å². The maximum Gasteiger partial charge on any atom is 0.408 e. The van der Waals surface area contributed by atoms with Gasteiger partial charge in [0.1, 0.15) is 11.6 Å². The lowest BCUT2D eigenvalue weighted by atomic mass is 10.1. The third kappa shape index (κ3) is 7.27. The Balaban J connectivity index is 1.62. The molecule has 4 rings (SSSR count). The summed E-state index contributed by atoms with van der Waals surface area (Å²) in [6.07, 6.45) is -0.483. The van der Waals surface area contributed by atoms with E-state index in [1.807, 2.05) is 53.4 Å². The smallest absolute Gasteiger partial charge is 0.408 e. The molecular formula is C26H30ClN3O5S2. The summed E-state index contributed by atoms with van der Waals surface area (Å²) in [7, 11) is -3.19. The zero-order valence-corrected chi connectivity index (χ0v) is 23.3. The molecule has 2 saturated heterocycles. The van der Waals surface area contributed by atoms with Crippen molar-refractivity contribution in [2.75, 3.05) is 11.5 Å². The third-order valence-corrected chi connectivity index (χ3v) is 9.57. The highest BCUT2D eigenvalue weighted by Gasteiger charge is 2.49. The Morgan fingerprint density at radius 1 is 1.14 bits per heavy atom. The molecule has 37 heavy (non-hydrogen) atoms. The normalized spacial score (nSPS) is 22.5. The minimum Gasteiger partial charge on any atom is -0.444 e. The first-order valence-corrected chi connectivity index (χ1v) is 15.0. The van der Waals surface area contributed by atoms with Crippen LogP contribution < -0.4 is 5.32 Å². The molecule has 0 aliphatic carbocycles. The quantitative estimate of drug-likeness (QED) is 0.564. The highest BCUT2D eigenvalue weighted by Crippen LogP contribution is 2.39. The number of benzene rings is 2. The van der Waals surface area contributed by atoms with Crippen molar-refractivity contribution in [2.45, 2.75) is 56.7 Å². The highest BCUT2D eigenvalue weighted by atomic mass is 35.5. The number of thioether (sulfide) groups is 1. The van der Waals surface area contributed by atoms with Gasteiger partial charge in [-0.25, -0.2) is 13.2 Å². The summed E-state index contributed by atoms with van der Waals surface area (Å²) in [4.78, 5) is 32.3. The van der Waals surface area contributed by atoms with E-state index in [0.717, 1.165) is 11.1 Å². The Morgan fingerprint density at radius 2 is 1.81 bits per heavy atom. The van der Waals surface area contributed by atoms with Crippen LogP contribution in [0.15, 0.2) is 59.6 Å². The zero-order chi connectivity index (χ0) is 26.8. The fourth-order valence-electron chi connectivity index (χ4n) is 4.30. The molecule has 0 saturated carbocycles. The van der Waals surface area contributed by atoms with Crippen molar-refractivity contribution in [3.63, 3.8) is 0 Å². The van der Waals surface area contributed by atoms with Gasteiger partial charge in [-0.15, -0.1) is 0 Å². The minimum absolute atomic E-state index is 0.00800. The Bertz CT molecular complexity index is 1290. The van der Waals surface area contributed by atoms with E-state index in [2.05, 4.69) is 10.3 Å². The van der Waals surface area contributed by atoms with Gasteiger partial charge >= 0.3 is 6.09 Å². The second-order valence-corrected chi connectivity index (χ2v) is 13.9. The summed E-state index contributed by atoms with van der Waals surface area (Å²) in [5.41, 5.74) is 0.932. The molecule has 198 valence electrons. The summed E-state index contributed by atoms with van der Waals surface area (Å²) >= 11 is 7.67. The Labute approximate surface area is 226 Å². The van der Waals surface area contributed by atoms with Crippen LogP contribution >= 0.6 is 23.4 Å². The number of nitrogens with zero attached hydrogens (tertiary/aromatic N) is 2. The van der Waals surface area contributed by atoms with Crippen molar-refractivity contribution in [3.05, 3.63) is 70.7 Å². The van der Waals surface area contributed by atoms with Crippen molar-refractivity contribution < 1.29 is 22.7 Å². The second kappa shape index (κ2) is 11.0. The van der Waals surface area contributed by atoms with Gasteiger partial charge < -0.3 is 15.0 Å². The van der Waals surface area contributed by atoms with Gasteiger partial charge in [0.05, 0.1) is 17.5 Å². The number of hydrogen-bond acceptors (Lipinski definition) is 6. The van der Waals surface area contributed by atoms with Crippen LogP contribution in [0.25, 0.3) is 0 Å². The molecule has 0 aromatic heterocycles. The number of fused-ring (bicyclic) bond motifs is 1. The molecule has 1 N–H and O–H groups in total. The summed E-state index contributed by atoms with van der Waals surface area (Å²) in [6.45, 7) is 5.55. The number of carbonyl (C=O) groups excluding carboxylic acids is 2. The highest BCUT2D eigenvalue weighted by molar-refractivity contribution is 8.15. The molecule has 2 heterocycles. The number of sulfone groups is 1. The van der Waals surface area contributed by atoms with E-state index in [9.17, 15) is 18.0 Å². The van der Waals surface area contributed by atoms with Gasteiger partial charge in [0.15, 0.2) is 15.0 Å². The molecule has 0 bridgehead atoms. The fourth-order valence-corrected chi connectivity index (χ4v) is 8.45. The van der Waals surface area contributed by atoms with Gasteiger partial charge in [0, 0.05) is 23.2 Å². The van der Waals surface area contributed by atoms with Gasteiger partial charge in [0.2, 0.25) is 0 Å². The molecule has 0 spiro atoms. The largest absolute Gasteiger partial charge is 0.444 e. The monoisotopic (exact) mass is 563 g/mol. The number of amidine groups is 1. The molecule has 3 atom stereocenters. The first kappa shape index (κ1) is 27.5. The number of amides is 2. The van der Waals surface area contributed by atoms with Crippen molar-refractivity contribution in [1.82, 2.24) is 10.2 Å². The molecule has 2 aliphatic heterocycles. The summed E-state index contributed by atoms with van der Waals surface area (Å²) in [5, 5.41) is 3.42. The number of halogens is 1. The first-order chi connectivity index (χ1) is 17.4. The lowest BCUT2D eigenvalue weighted by molar-refractivity contribution is -0.119. The Morgan fingerprint density at radius 3 is 2.49 bits per heavy atom. The molecule has 2 amide bonds. The van der Waals surface area contributed by atoms with Gasteiger partial charge in [-0.1, -0.05) is 71.9 Å². The minimum atomic E-state index is -3.19. The predicted molar refractivity (Wildman–Crippen MR) is 147 cm³/mol. The van der Waals surface area contributed by atoms with E-state index < -0.39 is 33.5 Å². The van der Waals surface area contributed by atoms with Crippen LogP contribution in [0, 0.1) is 0 Å². The van der Waals surface area contributed by atoms with Gasteiger partial charge in [-0.3, -0.25) is 4.79 Å². The van der Waals surface area contributed by atoms with E-state index in [0.29, 0.717) is 16.7 Å². The fraction of sp³-hybridized carbons (Fsp3) is 0.423. The number of carbonyl (C=O) groups is 2. The van der Waals surface area contributed by atoms with E-state index >= 15 is 0 Å². The van der Waals surface area contributed by atoms with Crippen LogP contribution in [-0.2, 0) is 32.3 Å². The van der Waals surface area contributed by atoms with Crippen LogP contribution in [0.4, 0.5) is 4.79 Å². The SMILES string of the molecule is CC(C)(C)OC(=O)N[C@H](Cc1ccccc1)C(=O)N=C1S[C@H]2CS(=O)(=O)C[C@@H]2N1Cc1ccccc1Cl. The van der Waals surface area contributed by atoms with Crippen molar-refractivity contribution in [1.29, 1.82) is 0 Å². The van der Waals surface area contributed by atoms with E-state index in [1.54, 1.807) is 26.8 Å². The van der Waals surface area contributed by atoms with Crippen LogP contribution in [0.2, 0.25) is 5.02 Å². The Hall–Kier alpha value is -2.56.